The smallest absolute Gasteiger partial charge is 0.269 e. The lowest BCUT2D eigenvalue weighted by atomic mass is 10.1. The number of carbonyl (C=O) groups is 1. The number of carbonyl (C=O) groups excluding carboxylic acids is 1. The van der Waals surface area contributed by atoms with E-state index in [2.05, 4.69) is 15.3 Å². The van der Waals surface area contributed by atoms with Crippen LogP contribution in [0.1, 0.15) is 10.5 Å². The van der Waals surface area contributed by atoms with Crippen molar-refractivity contribution in [1.82, 2.24) is 15.3 Å². The molecule has 0 aliphatic rings. The largest absolute Gasteiger partial charge is 0.448 e. The first kappa shape index (κ1) is 14.8. The molecule has 1 aromatic carbocycles. The molecule has 0 fully saturated rings. The van der Waals surface area contributed by atoms with Gasteiger partial charge < -0.3 is 9.73 Å². The van der Waals surface area contributed by atoms with E-state index in [0.29, 0.717) is 23.2 Å². The van der Waals surface area contributed by atoms with Crippen molar-refractivity contribution in [2.45, 2.75) is 0 Å². The Labute approximate surface area is 133 Å². The second kappa shape index (κ2) is 6.31. The molecule has 2 aromatic heterocycles. The van der Waals surface area contributed by atoms with E-state index in [9.17, 15) is 4.79 Å². The fraction of sp³-hybridized carbons (Fsp3) is 0.118. The van der Waals surface area contributed by atoms with E-state index < -0.39 is 0 Å². The van der Waals surface area contributed by atoms with E-state index in [0.717, 1.165) is 5.56 Å². The average Bonchev–Trinajstić information content (AvgIpc) is 3.15. The molecule has 0 unspecified atom stereocenters. The van der Waals surface area contributed by atoms with Gasteiger partial charge in [-0.05, 0) is 12.1 Å². The number of nitrogens with zero attached hydrogens (tertiary/aromatic N) is 3. The van der Waals surface area contributed by atoms with Crippen LogP contribution >= 0.6 is 0 Å². The van der Waals surface area contributed by atoms with Crippen LogP contribution in [0.5, 0.6) is 0 Å². The zero-order valence-electron chi connectivity index (χ0n) is 12.9. The van der Waals surface area contributed by atoms with Gasteiger partial charge >= 0.3 is 0 Å². The molecule has 23 heavy (non-hydrogen) atoms. The van der Waals surface area contributed by atoms with Gasteiger partial charge in [-0.1, -0.05) is 30.3 Å². The zero-order valence-corrected chi connectivity index (χ0v) is 12.9. The monoisotopic (exact) mass is 308 g/mol. The SMILES string of the molecule is CNC(=O)c1cc(-c2ccccc2)nc(N(C)c2ccco2)n1. The molecule has 1 amide bonds. The lowest BCUT2D eigenvalue weighted by molar-refractivity contribution is 0.0958. The minimum absolute atomic E-state index is 0.265. The molecule has 0 spiro atoms. The van der Waals surface area contributed by atoms with Crippen LogP contribution in [-0.4, -0.2) is 30.0 Å². The minimum Gasteiger partial charge on any atom is -0.448 e. The van der Waals surface area contributed by atoms with Gasteiger partial charge in [-0.25, -0.2) is 9.97 Å². The molecule has 3 rings (SSSR count). The molecule has 0 aliphatic carbocycles. The molecule has 6 heteroatoms. The lowest BCUT2D eigenvalue weighted by Gasteiger charge is -2.15. The summed E-state index contributed by atoms with van der Waals surface area (Å²) in [5, 5.41) is 2.59. The van der Waals surface area contributed by atoms with Crippen molar-refractivity contribution in [2.24, 2.45) is 0 Å². The first-order valence-electron chi connectivity index (χ1n) is 7.13. The van der Waals surface area contributed by atoms with Crippen molar-refractivity contribution in [3.63, 3.8) is 0 Å². The molecular weight excluding hydrogens is 292 g/mol. The van der Waals surface area contributed by atoms with Gasteiger partial charge in [0.05, 0.1) is 12.0 Å². The summed E-state index contributed by atoms with van der Waals surface area (Å²) in [5.74, 6) is 0.719. The quantitative estimate of drug-likeness (QED) is 0.802. The summed E-state index contributed by atoms with van der Waals surface area (Å²) in [4.78, 5) is 22.6. The standard InChI is InChI=1S/C17H16N4O2/c1-18-16(22)14-11-13(12-7-4-3-5-8-12)19-17(20-14)21(2)15-9-6-10-23-15/h3-11H,1-2H3,(H,18,22). The molecule has 0 bridgehead atoms. The van der Waals surface area contributed by atoms with Crippen molar-refractivity contribution in [3.05, 3.63) is 60.5 Å². The van der Waals surface area contributed by atoms with E-state index in [1.54, 1.807) is 43.5 Å². The Balaban J connectivity index is 2.10. The van der Waals surface area contributed by atoms with Crippen molar-refractivity contribution < 1.29 is 9.21 Å². The van der Waals surface area contributed by atoms with Gasteiger partial charge in [0.2, 0.25) is 11.8 Å². The summed E-state index contributed by atoms with van der Waals surface area (Å²) < 4.78 is 5.37. The molecule has 116 valence electrons. The molecule has 0 saturated heterocycles. The molecule has 0 atom stereocenters. The zero-order chi connectivity index (χ0) is 16.2. The van der Waals surface area contributed by atoms with Gasteiger partial charge in [0.25, 0.3) is 5.91 Å². The van der Waals surface area contributed by atoms with Gasteiger partial charge in [-0.2, -0.15) is 0 Å². The maximum absolute atomic E-state index is 12.0. The van der Waals surface area contributed by atoms with Crippen LogP contribution in [0.2, 0.25) is 0 Å². The number of hydrogen-bond acceptors (Lipinski definition) is 5. The number of benzene rings is 1. The molecule has 2 heterocycles. The number of nitrogens with one attached hydrogen (secondary N) is 1. The maximum Gasteiger partial charge on any atom is 0.269 e. The number of furan rings is 1. The van der Waals surface area contributed by atoms with Crippen LogP contribution in [0, 0.1) is 0 Å². The summed E-state index contributed by atoms with van der Waals surface area (Å²) in [6, 6.07) is 14.9. The number of anilines is 2. The second-order valence-electron chi connectivity index (χ2n) is 4.89. The highest BCUT2D eigenvalue weighted by Crippen LogP contribution is 2.24. The first-order valence-corrected chi connectivity index (χ1v) is 7.13. The van der Waals surface area contributed by atoms with Crippen LogP contribution < -0.4 is 10.2 Å². The van der Waals surface area contributed by atoms with E-state index in [1.807, 2.05) is 30.3 Å². The number of hydrogen-bond donors (Lipinski definition) is 1. The van der Waals surface area contributed by atoms with E-state index in [1.165, 1.54) is 0 Å². The molecule has 3 aromatic rings. The number of amides is 1. The summed E-state index contributed by atoms with van der Waals surface area (Å²) in [6.45, 7) is 0. The average molecular weight is 308 g/mol. The number of rotatable bonds is 4. The highest BCUT2D eigenvalue weighted by Gasteiger charge is 2.16. The van der Waals surface area contributed by atoms with Crippen molar-refractivity contribution in [3.8, 4) is 11.3 Å². The Hall–Kier alpha value is -3.15. The summed E-state index contributed by atoms with van der Waals surface area (Å²) in [7, 11) is 3.36. The molecule has 0 radical (unpaired) electrons. The summed E-state index contributed by atoms with van der Waals surface area (Å²) in [5.41, 5.74) is 1.89. The van der Waals surface area contributed by atoms with Crippen molar-refractivity contribution in [1.29, 1.82) is 0 Å². The molecule has 6 nitrogen and oxygen atoms in total. The Morgan fingerprint density at radius 2 is 1.91 bits per heavy atom. The Bertz CT molecular complexity index is 801. The third-order valence-electron chi connectivity index (χ3n) is 3.38. The Morgan fingerprint density at radius 1 is 1.13 bits per heavy atom. The van der Waals surface area contributed by atoms with Gasteiger partial charge in [0.1, 0.15) is 5.69 Å². The molecule has 0 saturated carbocycles. The topological polar surface area (TPSA) is 71.3 Å². The van der Waals surface area contributed by atoms with Gasteiger partial charge in [0, 0.05) is 25.7 Å². The summed E-state index contributed by atoms with van der Waals surface area (Å²) in [6.07, 6.45) is 1.58. The summed E-state index contributed by atoms with van der Waals surface area (Å²) >= 11 is 0. The fourth-order valence-electron chi connectivity index (χ4n) is 2.15. The highest BCUT2D eigenvalue weighted by molar-refractivity contribution is 5.93. The molecule has 1 N–H and O–H groups in total. The Kier molecular flexibility index (Phi) is 4.05. The van der Waals surface area contributed by atoms with Crippen LogP contribution in [0.3, 0.4) is 0 Å². The third kappa shape index (κ3) is 3.06. The van der Waals surface area contributed by atoms with Gasteiger partial charge in [0.15, 0.2) is 0 Å². The predicted octanol–water partition coefficient (Wildman–Crippen LogP) is 2.86. The first-order chi connectivity index (χ1) is 11.2. The van der Waals surface area contributed by atoms with Crippen molar-refractivity contribution in [2.75, 3.05) is 19.0 Å². The number of aromatic nitrogens is 2. The van der Waals surface area contributed by atoms with Gasteiger partial charge in [-0.3, -0.25) is 9.69 Å². The van der Waals surface area contributed by atoms with E-state index in [4.69, 9.17) is 4.42 Å². The minimum atomic E-state index is -0.265. The van der Waals surface area contributed by atoms with Crippen LogP contribution in [-0.2, 0) is 0 Å². The van der Waals surface area contributed by atoms with Crippen molar-refractivity contribution >= 4 is 17.7 Å². The van der Waals surface area contributed by atoms with Crippen LogP contribution in [0.4, 0.5) is 11.8 Å². The van der Waals surface area contributed by atoms with E-state index in [-0.39, 0.29) is 5.91 Å². The second-order valence-corrected chi connectivity index (χ2v) is 4.89. The van der Waals surface area contributed by atoms with Gasteiger partial charge in [-0.15, -0.1) is 0 Å². The lowest BCUT2D eigenvalue weighted by Crippen LogP contribution is -2.22. The normalized spacial score (nSPS) is 10.3. The third-order valence-corrected chi connectivity index (χ3v) is 3.38. The maximum atomic E-state index is 12.0. The van der Waals surface area contributed by atoms with Crippen LogP contribution in [0.15, 0.2) is 59.2 Å². The molecular formula is C17H16N4O2. The molecule has 0 aliphatic heterocycles. The highest BCUT2D eigenvalue weighted by atomic mass is 16.3. The van der Waals surface area contributed by atoms with Crippen LogP contribution in [0.25, 0.3) is 11.3 Å². The predicted molar refractivity (Wildman–Crippen MR) is 87.6 cm³/mol. The fourth-order valence-corrected chi connectivity index (χ4v) is 2.15. The Morgan fingerprint density at radius 3 is 2.57 bits per heavy atom. The van der Waals surface area contributed by atoms with E-state index >= 15 is 0 Å².